The van der Waals surface area contributed by atoms with Crippen LogP contribution in [-0.4, -0.2) is 30.8 Å². The zero-order valence-corrected chi connectivity index (χ0v) is 10.6. The average molecular weight is 276 g/mol. The normalized spacial score (nSPS) is 11.0. The predicted octanol–water partition coefficient (Wildman–Crippen LogP) is 1.18. The molecule has 0 unspecified atom stereocenters. The Morgan fingerprint density at radius 2 is 2.32 bits per heavy atom. The molecule has 0 bridgehead atoms. The zero-order chi connectivity index (χ0) is 13.6. The number of carboxylic acids is 1. The lowest BCUT2D eigenvalue weighted by molar-refractivity contribution is 0.0696. The molecule has 96 valence electrons. The van der Waals surface area contributed by atoms with E-state index in [9.17, 15) is 9.59 Å². The van der Waals surface area contributed by atoms with E-state index in [1.165, 1.54) is 22.2 Å². The van der Waals surface area contributed by atoms with Crippen LogP contribution in [0.4, 0.5) is 0 Å². The van der Waals surface area contributed by atoms with Gasteiger partial charge in [-0.15, -0.1) is 11.3 Å². The van der Waals surface area contributed by atoms with E-state index in [4.69, 9.17) is 5.11 Å². The minimum absolute atomic E-state index is 0.0769. The maximum absolute atomic E-state index is 11.8. The summed E-state index contributed by atoms with van der Waals surface area (Å²) >= 11 is 1.30. The van der Waals surface area contributed by atoms with Crippen molar-refractivity contribution in [2.45, 2.75) is 6.92 Å². The van der Waals surface area contributed by atoms with Gasteiger partial charge in [-0.1, -0.05) is 0 Å². The van der Waals surface area contributed by atoms with Gasteiger partial charge in [0.15, 0.2) is 0 Å². The van der Waals surface area contributed by atoms with Gasteiger partial charge in [-0.2, -0.15) is 5.10 Å². The van der Waals surface area contributed by atoms with Crippen LogP contribution in [-0.2, 0) is 0 Å². The van der Waals surface area contributed by atoms with Crippen LogP contribution in [0, 0.1) is 6.92 Å². The minimum atomic E-state index is -1.07. The van der Waals surface area contributed by atoms with Crippen molar-refractivity contribution in [2.24, 2.45) is 0 Å². The van der Waals surface area contributed by atoms with E-state index < -0.39 is 5.97 Å². The topological polar surface area (TPSA) is 101 Å². The number of fused-ring (bicyclic) bond motifs is 1. The number of carboxylic acid groups (broad SMARTS) is 1. The summed E-state index contributed by atoms with van der Waals surface area (Å²) < 4.78 is 1.84. The number of carbonyl (C=O) groups is 1. The molecule has 0 fully saturated rings. The highest BCUT2D eigenvalue weighted by molar-refractivity contribution is 7.17. The summed E-state index contributed by atoms with van der Waals surface area (Å²) in [4.78, 5) is 29.7. The maximum Gasteiger partial charge on any atom is 0.339 e. The minimum Gasteiger partial charge on any atom is -0.478 e. The van der Waals surface area contributed by atoms with Crippen molar-refractivity contribution in [3.63, 3.8) is 0 Å². The Labute approximate surface area is 110 Å². The first-order valence-electron chi connectivity index (χ1n) is 5.33. The number of nitrogens with zero attached hydrogens (tertiary/aromatic N) is 3. The third-order valence-corrected chi connectivity index (χ3v) is 3.65. The van der Waals surface area contributed by atoms with Crippen LogP contribution in [0.1, 0.15) is 16.1 Å². The lowest BCUT2D eigenvalue weighted by atomic mass is 10.3. The standard InChI is InChI=1S/C11H8N4O3S/c1-5-6(10(17)18)4-12-15(5)11-13-7-2-3-19-8(7)9(16)14-11/h2-4H,1H3,(H,17,18)(H,13,14,16). The molecule has 3 aromatic rings. The number of hydrogen-bond acceptors (Lipinski definition) is 5. The van der Waals surface area contributed by atoms with Gasteiger partial charge in [0.2, 0.25) is 5.95 Å². The fourth-order valence-electron chi connectivity index (χ4n) is 1.79. The zero-order valence-electron chi connectivity index (χ0n) is 9.75. The summed E-state index contributed by atoms with van der Waals surface area (Å²) in [5.41, 5.74) is 0.788. The monoisotopic (exact) mass is 276 g/mol. The fraction of sp³-hybridized carbons (Fsp3) is 0.0909. The molecule has 19 heavy (non-hydrogen) atoms. The quantitative estimate of drug-likeness (QED) is 0.731. The Balaban J connectivity index is 2.24. The van der Waals surface area contributed by atoms with E-state index in [1.807, 2.05) is 0 Å². The number of aromatic nitrogens is 4. The number of aromatic carboxylic acids is 1. The number of thiophene rings is 1. The molecule has 0 aromatic carbocycles. The van der Waals surface area contributed by atoms with E-state index in [0.29, 0.717) is 15.9 Å². The molecule has 0 amide bonds. The largest absolute Gasteiger partial charge is 0.478 e. The molecule has 3 aromatic heterocycles. The van der Waals surface area contributed by atoms with Crippen LogP contribution in [0.15, 0.2) is 22.4 Å². The molecule has 0 radical (unpaired) electrons. The van der Waals surface area contributed by atoms with Gasteiger partial charge >= 0.3 is 5.97 Å². The molecule has 8 heteroatoms. The van der Waals surface area contributed by atoms with Gasteiger partial charge in [-0.05, 0) is 18.4 Å². The van der Waals surface area contributed by atoms with Crippen molar-refractivity contribution in [2.75, 3.05) is 0 Å². The lowest BCUT2D eigenvalue weighted by Gasteiger charge is -2.03. The van der Waals surface area contributed by atoms with E-state index in [0.717, 1.165) is 0 Å². The first-order valence-corrected chi connectivity index (χ1v) is 6.21. The van der Waals surface area contributed by atoms with Gasteiger partial charge in [0.25, 0.3) is 5.56 Å². The second-order valence-electron chi connectivity index (χ2n) is 3.89. The molecule has 0 atom stereocenters. The fourth-order valence-corrected chi connectivity index (χ4v) is 2.52. The van der Waals surface area contributed by atoms with Crippen LogP contribution >= 0.6 is 11.3 Å². The van der Waals surface area contributed by atoms with E-state index >= 15 is 0 Å². The summed E-state index contributed by atoms with van der Waals surface area (Å²) in [6.07, 6.45) is 1.23. The Kier molecular flexibility index (Phi) is 2.46. The summed E-state index contributed by atoms with van der Waals surface area (Å²) in [6.45, 7) is 1.61. The third-order valence-electron chi connectivity index (χ3n) is 2.74. The first-order chi connectivity index (χ1) is 9.08. The van der Waals surface area contributed by atoms with E-state index in [-0.39, 0.29) is 17.1 Å². The van der Waals surface area contributed by atoms with Crippen molar-refractivity contribution in [3.05, 3.63) is 39.3 Å². The Morgan fingerprint density at radius 3 is 3.00 bits per heavy atom. The molecule has 0 saturated heterocycles. The second-order valence-corrected chi connectivity index (χ2v) is 4.80. The van der Waals surface area contributed by atoms with Gasteiger partial charge < -0.3 is 5.11 Å². The van der Waals surface area contributed by atoms with E-state index in [1.54, 1.807) is 18.4 Å². The van der Waals surface area contributed by atoms with Crippen molar-refractivity contribution >= 4 is 27.5 Å². The summed E-state index contributed by atoms with van der Waals surface area (Å²) in [6, 6.07) is 1.73. The van der Waals surface area contributed by atoms with Crippen LogP contribution < -0.4 is 5.56 Å². The Bertz CT molecular complexity index is 845. The molecule has 0 aliphatic heterocycles. The van der Waals surface area contributed by atoms with Crippen molar-refractivity contribution in [1.82, 2.24) is 19.7 Å². The molecular weight excluding hydrogens is 268 g/mol. The molecule has 2 N–H and O–H groups in total. The van der Waals surface area contributed by atoms with Crippen LogP contribution in [0.5, 0.6) is 0 Å². The summed E-state index contributed by atoms with van der Waals surface area (Å²) in [5.74, 6) is -0.858. The molecule has 3 heterocycles. The Hall–Kier alpha value is -2.48. The number of rotatable bonds is 2. The molecule has 0 aliphatic carbocycles. The smallest absolute Gasteiger partial charge is 0.339 e. The van der Waals surface area contributed by atoms with Crippen LogP contribution in [0.2, 0.25) is 0 Å². The Morgan fingerprint density at radius 1 is 1.53 bits per heavy atom. The molecule has 0 saturated carbocycles. The van der Waals surface area contributed by atoms with Gasteiger partial charge in [0.05, 0.1) is 17.4 Å². The van der Waals surface area contributed by atoms with Crippen molar-refractivity contribution < 1.29 is 9.90 Å². The molecule has 7 nitrogen and oxygen atoms in total. The SMILES string of the molecule is Cc1c(C(=O)O)cnn1-c1nc2ccsc2c(=O)[nH]1. The lowest BCUT2D eigenvalue weighted by Crippen LogP contribution is -2.14. The third kappa shape index (κ3) is 1.73. The highest BCUT2D eigenvalue weighted by Crippen LogP contribution is 2.16. The average Bonchev–Trinajstić information content (AvgIpc) is 2.94. The van der Waals surface area contributed by atoms with Crippen molar-refractivity contribution in [1.29, 1.82) is 0 Å². The molecule has 3 rings (SSSR count). The van der Waals surface area contributed by atoms with E-state index in [2.05, 4.69) is 15.1 Å². The second kappa shape index (κ2) is 4.02. The van der Waals surface area contributed by atoms with Crippen LogP contribution in [0.3, 0.4) is 0 Å². The molecular formula is C11H8N4O3S. The summed E-state index contributed by atoms with van der Waals surface area (Å²) in [5, 5.41) is 14.7. The molecule has 0 spiro atoms. The van der Waals surface area contributed by atoms with Crippen LogP contribution in [0.25, 0.3) is 16.2 Å². The van der Waals surface area contributed by atoms with Gasteiger partial charge in [0, 0.05) is 0 Å². The number of H-pyrrole nitrogens is 1. The highest BCUT2D eigenvalue weighted by Gasteiger charge is 2.16. The van der Waals surface area contributed by atoms with Gasteiger partial charge in [-0.25, -0.2) is 14.5 Å². The first kappa shape index (κ1) is 11.6. The number of hydrogen-bond donors (Lipinski definition) is 2. The highest BCUT2D eigenvalue weighted by atomic mass is 32.1. The number of aromatic amines is 1. The molecule has 0 aliphatic rings. The van der Waals surface area contributed by atoms with Crippen molar-refractivity contribution in [3.8, 4) is 5.95 Å². The summed E-state index contributed by atoms with van der Waals surface area (Å²) in [7, 11) is 0. The maximum atomic E-state index is 11.8. The number of nitrogens with one attached hydrogen (secondary N) is 1. The predicted molar refractivity (Wildman–Crippen MR) is 69.1 cm³/mol. The van der Waals surface area contributed by atoms with Gasteiger partial charge in [0.1, 0.15) is 10.3 Å². The van der Waals surface area contributed by atoms with Gasteiger partial charge in [-0.3, -0.25) is 9.78 Å².